The summed E-state index contributed by atoms with van der Waals surface area (Å²) in [5.74, 6) is 0.890. The highest BCUT2D eigenvalue weighted by molar-refractivity contribution is 7.10. The Bertz CT molecular complexity index is 501. The van der Waals surface area contributed by atoms with E-state index in [-0.39, 0.29) is 12.6 Å². The fourth-order valence-electron chi connectivity index (χ4n) is 1.88. The zero-order chi connectivity index (χ0) is 14.4. The number of thiophene rings is 1. The molecule has 0 aromatic carbocycles. The lowest BCUT2D eigenvalue weighted by atomic mass is 10.2. The number of nitrogens with one attached hydrogen (secondary N) is 1. The van der Waals surface area contributed by atoms with Gasteiger partial charge < -0.3 is 14.6 Å². The van der Waals surface area contributed by atoms with E-state index in [4.69, 9.17) is 4.74 Å². The number of aryl methyl sites for hydroxylation is 1. The summed E-state index contributed by atoms with van der Waals surface area (Å²) in [4.78, 5) is 5.48. The standard InChI is InChI=1S/C13H17F2N3OS/c1-18-6-4-17-13(18)12(10-3-2-8-20-10)16-5-7-19-9-11(14)15/h2-4,6,8,11-12,16H,5,7,9H2,1H3. The van der Waals surface area contributed by atoms with Crippen LogP contribution in [0.25, 0.3) is 0 Å². The normalized spacial score (nSPS) is 13.0. The van der Waals surface area contributed by atoms with E-state index in [9.17, 15) is 8.78 Å². The predicted molar refractivity (Wildman–Crippen MR) is 74.2 cm³/mol. The third-order valence-electron chi connectivity index (χ3n) is 2.78. The van der Waals surface area contributed by atoms with E-state index in [1.54, 1.807) is 17.5 Å². The van der Waals surface area contributed by atoms with Gasteiger partial charge >= 0.3 is 0 Å². The number of ether oxygens (including phenoxy) is 1. The topological polar surface area (TPSA) is 39.1 Å². The van der Waals surface area contributed by atoms with E-state index in [0.717, 1.165) is 10.7 Å². The zero-order valence-corrected chi connectivity index (χ0v) is 11.9. The fraction of sp³-hybridized carbons (Fsp3) is 0.462. The van der Waals surface area contributed by atoms with Crippen molar-refractivity contribution in [1.29, 1.82) is 0 Å². The first-order valence-corrected chi connectivity index (χ1v) is 7.16. The maximum atomic E-state index is 12.0. The summed E-state index contributed by atoms with van der Waals surface area (Å²) in [7, 11) is 1.93. The smallest absolute Gasteiger partial charge is 0.261 e. The first-order valence-electron chi connectivity index (χ1n) is 6.28. The average Bonchev–Trinajstić information content (AvgIpc) is 3.05. The van der Waals surface area contributed by atoms with Gasteiger partial charge in [0.05, 0.1) is 6.61 Å². The van der Waals surface area contributed by atoms with Gasteiger partial charge in [-0.15, -0.1) is 11.3 Å². The highest BCUT2D eigenvalue weighted by Crippen LogP contribution is 2.24. The van der Waals surface area contributed by atoms with Crippen LogP contribution < -0.4 is 5.32 Å². The Balaban J connectivity index is 1.93. The van der Waals surface area contributed by atoms with Gasteiger partial charge in [-0.25, -0.2) is 13.8 Å². The molecule has 0 fully saturated rings. The lowest BCUT2D eigenvalue weighted by Gasteiger charge is -2.17. The van der Waals surface area contributed by atoms with Crippen LogP contribution in [0.4, 0.5) is 8.78 Å². The molecule has 0 saturated heterocycles. The van der Waals surface area contributed by atoms with Gasteiger partial charge in [0, 0.05) is 30.9 Å². The van der Waals surface area contributed by atoms with Crippen LogP contribution in [-0.2, 0) is 11.8 Å². The molecule has 1 unspecified atom stereocenters. The Morgan fingerprint density at radius 1 is 1.50 bits per heavy atom. The largest absolute Gasteiger partial charge is 0.374 e. The molecule has 110 valence electrons. The summed E-state index contributed by atoms with van der Waals surface area (Å²) in [5.41, 5.74) is 0. The first-order chi connectivity index (χ1) is 9.68. The molecule has 2 aromatic heterocycles. The van der Waals surface area contributed by atoms with E-state index < -0.39 is 13.0 Å². The average molecular weight is 301 g/mol. The number of hydrogen-bond acceptors (Lipinski definition) is 4. The second kappa shape index (κ2) is 7.47. The van der Waals surface area contributed by atoms with Gasteiger partial charge in [0.2, 0.25) is 0 Å². The summed E-state index contributed by atoms with van der Waals surface area (Å²) in [5, 5.41) is 5.30. The van der Waals surface area contributed by atoms with Gasteiger partial charge in [-0.2, -0.15) is 0 Å². The minimum Gasteiger partial charge on any atom is -0.374 e. The molecule has 0 aliphatic heterocycles. The molecule has 4 nitrogen and oxygen atoms in total. The van der Waals surface area contributed by atoms with Gasteiger partial charge in [0.1, 0.15) is 18.5 Å². The van der Waals surface area contributed by atoms with E-state index in [1.165, 1.54) is 0 Å². The second-order valence-electron chi connectivity index (χ2n) is 4.26. The minimum absolute atomic E-state index is 0.0508. The summed E-state index contributed by atoms with van der Waals surface area (Å²) < 4.78 is 30.7. The molecular weight excluding hydrogens is 284 g/mol. The van der Waals surface area contributed by atoms with Gasteiger partial charge in [-0.05, 0) is 11.4 Å². The number of hydrogen-bond donors (Lipinski definition) is 1. The number of halogens is 2. The minimum atomic E-state index is -2.42. The molecule has 7 heteroatoms. The number of imidazole rings is 1. The number of aromatic nitrogens is 2. The van der Waals surface area contributed by atoms with E-state index >= 15 is 0 Å². The van der Waals surface area contributed by atoms with E-state index in [1.807, 2.05) is 35.3 Å². The Labute approximate surface area is 120 Å². The summed E-state index contributed by atoms with van der Waals surface area (Å²) in [6.07, 6.45) is 1.20. The molecule has 2 aromatic rings. The maximum absolute atomic E-state index is 12.0. The third-order valence-corrected chi connectivity index (χ3v) is 3.72. The molecule has 20 heavy (non-hydrogen) atoms. The molecule has 0 bridgehead atoms. The molecule has 0 saturated carbocycles. The summed E-state index contributed by atoms with van der Waals surface area (Å²) >= 11 is 1.63. The van der Waals surface area contributed by atoms with E-state index in [0.29, 0.717) is 6.54 Å². The maximum Gasteiger partial charge on any atom is 0.261 e. The van der Waals surface area contributed by atoms with Gasteiger partial charge in [0.25, 0.3) is 6.43 Å². The lowest BCUT2D eigenvalue weighted by molar-refractivity contribution is 0.0184. The molecular formula is C13H17F2N3OS. The molecule has 0 aliphatic rings. The molecule has 2 heterocycles. The SMILES string of the molecule is Cn1ccnc1C(NCCOCC(F)F)c1cccs1. The Morgan fingerprint density at radius 2 is 2.35 bits per heavy atom. The van der Waals surface area contributed by atoms with Crippen LogP contribution >= 0.6 is 11.3 Å². The van der Waals surface area contributed by atoms with Crippen molar-refractivity contribution in [2.45, 2.75) is 12.5 Å². The molecule has 1 N–H and O–H groups in total. The van der Waals surface area contributed by atoms with Crippen LogP contribution in [0.1, 0.15) is 16.7 Å². The molecule has 0 spiro atoms. The molecule has 0 amide bonds. The van der Waals surface area contributed by atoms with Crippen LogP contribution in [0.2, 0.25) is 0 Å². The number of alkyl halides is 2. The van der Waals surface area contributed by atoms with Crippen molar-refractivity contribution in [1.82, 2.24) is 14.9 Å². The summed E-state index contributed by atoms with van der Waals surface area (Å²) in [6.45, 7) is 0.215. The number of rotatable bonds is 8. The molecule has 1 atom stereocenters. The van der Waals surface area contributed by atoms with Crippen molar-refractivity contribution in [3.63, 3.8) is 0 Å². The van der Waals surface area contributed by atoms with Crippen molar-refractivity contribution in [3.05, 3.63) is 40.6 Å². The van der Waals surface area contributed by atoms with Crippen molar-refractivity contribution < 1.29 is 13.5 Å². The Kier molecular flexibility index (Phi) is 5.63. The highest BCUT2D eigenvalue weighted by Gasteiger charge is 2.18. The molecule has 0 aliphatic carbocycles. The molecule has 2 rings (SSSR count). The van der Waals surface area contributed by atoms with Gasteiger partial charge in [0.15, 0.2) is 0 Å². The Morgan fingerprint density at radius 3 is 2.95 bits per heavy atom. The van der Waals surface area contributed by atoms with Crippen molar-refractivity contribution in [2.24, 2.45) is 7.05 Å². The Hall–Kier alpha value is -1.31. The van der Waals surface area contributed by atoms with Crippen molar-refractivity contribution >= 4 is 11.3 Å². The van der Waals surface area contributed by atoms with Gasteiger partial charge in [-0.3, -0.25) is 0 Å². The zero-order valence-electron chi connectivity index (χ0n) is 11.1. The fourth-order valence-corrected chi connectivity index (χ4v) is 2.67. The van der Waals surface area contributed by atoms with Crippen molar-refractivity contribution in [3.8, 4) is 0 Å². The third kappa shape index (κ3) is 4.09. The van der Waals surface area contributed by atoms with Crippen molar-refractivity contribution in [2.75, 3.05) is 19.8 Å². The van der Waals surface area contributed by atoms with Gasteiger partial charge in [-0.1, -0.05) is 6.07 Å². The van der Waals surface area contributed by atoms with Crippen LogP contribution in [0.15, 0.2) is 29.9 Å². The first kappa shape index (κ1) is 15.1. The monoisotopic (exact) mass is 301 g/mol. The van der Waals surface area contributed by atoms with Crippen LogP contribution in [0.3, 0.4) is 0 Å². The summed E-state index contributed by atoms with van der Waals surface area (Å²) in [6, 6.07) is 3.95. The van der Waals surface area contributed by atoms with E-state index in [2.05, 4.69) is 10.3 Å². The highest BCUT2D eigenvalue weighted by atomic mass is 32.1. The predicted octanol–water partition coefficient (Wildman–Crippen LogP) is 2.44. The second-order valence-corrected chi connectivity index (χ2v) is 5.24. The molecule has 0 radical (unpaired) electrons. The quantitative estimate of drug-likeness (QED) is 0.761. The lowest BCUT2D eigenvalue weighted by Crippen LogP contribution is -2.28. The van der Waals surface area contributed by atoms with Crippen LogP contribution in [0, 0.1) is 0 Å². The van der Waals surface area contributed by atoms with Crippen LogP contribution in [-0.4, -0.2) is 35.7 Å². The number of nitrogens with zero attached hydrogens (tertiary/aromatic N) is 2. The van der Waals surface area contributed by atoms with Crippen LogP contribution in [0.5, 0.6) is 0 Å².